The van der Waals surface area contributed by atoms with Gasteiger partial charge in [-0.15, -0.1) is 0 Å². The highest BCUT2D eigenvalue weighted by molar-refractivity contribution is 7.22. The van der Waals surface area contributed by atoms with Crippen molar-refractivity contribution in [3.05, 3.63) is 77.4 Å². The number of amides is 1. The molecule has 216 valence electrons. The number of benzene rings is 3. The molecule has 0 aliphatic carbocycles. The average Bonchev–Trinajstić information content (AvgIpc) is 3.56. The summed E-state index contributed by atoms with van der Waals surface area (Å²) >= 11 is 1.27. The molecule has 9 nitrogen and oxygen atoms in total. The number of methoxy groups -OCH3 is 1. The van der Waals surface area contributed by atoms with Gasteiger partial charge in [-0.1, -0.05) is 43.2 Å². The van der Waals surface area contributed by atoms with Gasteiger partial charge >= 0.3 is 5.91 Å². The summed E-state index contributed by atoms with van der Waals surface area (Å²) in [4.78, 5) is 33.4. The van der Waals surface area contributed by atoms with Crippen molar-refractivity contribution in [2.75, 3.05) is 31.8 Å². The summed E-state index contributed by atoms with van der Waals surface area (Å²) in [6, 6.07) is 16.7. The maximum Gasteiger partial charge on any atom is 0.301 e. The molecule has 1 atom stereocenters. The number of carbonyl (C=O) groups is 2. The third-order valence-electron chi connectivity index (χ3n) is 7.24. The van der Waals surface area contributed by atoms with Gasteiger partial charge in [-0.3, -0.25) is 14.5 Å². The molecule has 3 heterocycles. The van der Waals surface area contributed by atoms with Crippen molar-refractivity contribution in [2.24, 2.45) is 0 Å². The van der Waals surface area contributed by atoms with E-state index in [2.05, 4.69) is 6.92 Å². The Kier molecular flexibility index (Phi) is 7.71. The fourth-order valence-corrected chi connectivity index (χ4v) is 6.15. The van der Waals surface area contributed by atoms with Crippen LogP contribution >= 0.6 is 11.3 Å². The predicted molar refractivity (Wildman–Crippen MR) is 160 cm³/mol. The minimum atomic E-state index is -0.945. The highest BCUT2D eigenvalue weighted by Gasteiger charge is 2.48. The summed E-state index contributed by atoms with van der Waals surface area (Å²) in [5, 5.41) is 11.9. The molecule has 42 heavy (non-hydrogen) atoms. The van der Waals surface area contributed by atoms with Crippen LogP contribution in [0.15, 0.2) is 66.2 Å². The largest absolute Gasteiger partial charge is 0.507 e. The van der Waals surface area contributed by atoms with Crippen molar-refractivity contribution in [1.82, 2.24) is 4.98 Å². The molecule has 0 bridgehead atoms. The first kappa shape index (κ1) is 27.6. The van der Waals surface area contributed by atoms with Crippen molar-refractivity contribution in [3.63, 3.8) is 0 Å². The summed E-state index contributed by atoms with van der Waals surface area (Å²) in [5.41, 5.74) is 1.56. The minimum absolute atomic E-state index is 0.0448. The van der Waals surface area contributed by atoms with Gasteiger partial charge in [0.25, 0.3) is 5.78 Å². The molecule has 1 N–H and O–H groups in total. The molecule has 0 radical (unpaired) electrons. The van der Waals surface area contributed by atoms with E-state index in [1.165, 1.54) is 16.2 Å². The zero-order valence-electron chi connectivity index (χ0n) is 23.3. The Bertz CT molecular complexity index is 1700. The molecule has 0 saturated carbocycles. The fourth-order valence-electron chi connectivity index (χ4n) is 5.13. The molecular weight excluding hydrogens is 556 g/mol. The number of nitrogens with zero attached hydrogens (tertiary/aromatic N) is 2. The molecule has 10 heteroatoms. The number of aromatic nitrogens is 1. The van der Waals surface area contributed by atoms with E-state index < -0.39 is 17.7 Å². The fraction of sp³-hybridized carbons (Fsp3) is 0.281. The topological polar surface area (TPSA) is 107 Å². The van der Waals surface area contributed by atoms with Crippen LogP contribution in [-0.4, -0.2) is 48.7 Å². The Morgan fingerprint density at radius 3 is 2.67 bits per heavy atom. The number of ketones is 1. The Balaban J connectivity index is 1.47. The van der Waals surface area contributed by atoms with E-state index in [-0.39, 0.29) is 11.3 Å². The molecule has 1 amide bonds. The molecule has 1 saturated heterocycles. The smallest absolute Gasteiger partial charge is 0.301 e. The zero-order valence-corrected chi connectivity index (χ0v) is 24.1. The lowest BCUT2D eigenvalue weighted by Crippen LogP contribution is -2.29. The van der Waals surface area contributed by atoms with Crippen LogP contribution in [0.2, 0.25) is 0 Å². The third-order valence-corrected chi connectivity index (χ3v) is 8.26. The summed E-state index contributed by atoms with van der Waals surface area (Å²) < 4.78 is 23.5. The van der Waals surface area contributed by atoms with Crippen molar-refractivity contribution >= 4 is 44.1 Å². The lowest BCUT2D eigenvalue weighted by atomic mass is 9.95. The minimum Gasteiger partial charge on any atom is -0.507 e. The van der Waals surface area contributed by atoms with E-state index in [0.29, 0.717) is 64.6 Å². The van der Waals surface area contributed by atoms with Crippen LogP contribution in [0, 0.1) is 0 Å². The van der Waals surface area contributed by atoms with Gasteiger partial charge in [0.2, 0.25) is 0 Å². The van der Waals surface area contributed by atoms with Crippen LogP contribution in [0.4, 0.5) is 5.13 Å². The molecule has 4 aromatic rings. The number of fused-ring (bicyclic) bond motifs is 2. The normalized spacial score (nSPS) is 17.6. The van der Waals surface area contributed by atoms with Crippen molar-refractivity contribution in [2.45, 2.75) is 32.2 Å². The highest BCUT2D eigenvalue weighted by atomic mass is 32.1. The van der Waals surface area contributed by atoms with Crippen LogP contribution in [0.5, 0.6) is 23.0 Å². The second kappa shape index (κ2) is 11.7. The summed E-state index contributed by atoms with van der Waals surface area (Å²) in [6.07, 6.45) is 3.04. The van der Waals surface area contributed by atoms with Crippen LogP contribution < -0.4 is 23.8 Å². The van der Waals surface area contributed by atoms with Gasteiger partial charge in [-0.25, -0.2) is 4.98 Å². The number of Topliss-reactive ketones (excluding diaryl/α,β-unsaturated/α-hetero) is 1. The molecule has 1 aromatic heterocycles. The van der Waals surface area contributed by atoms with E-state index in [0.717, 1.165) is 24.0 Å². The summed E-state index contributed by atoms with van der Waals surface area (Å²) in [7, 11) is 1.58. The van der Waals surface area contributed by atoms with Gasteiger partial charge in [0.1, 0.15) is 30.5 Å². The first-order chi connectivity index (χ1) is 20.5. The second-order valence-corrected chi connectivity index (χ2v) is 11.0. The van der Waals surface area contributed by atoms with E-state index in [1.54, 1.807) is 37.4 Å². The van der Waals surface area contributed by atoms with Crippen molar-refractivity contribution in [1.29, 1.82) is 0 Å². The number of ether oxygens (including phenoxy) is 4. The number of aliphatic hydroxyl groups is 1. The van der Waals surface area contributed by atoms with Gasteiger partial charge in [0.15, 0.2) is 16.6 Å². The number of anilines is 1. The van der Waals surface area contributed by atoms with Crippen LogP contribution in [0.1, 0.15) is 43.4 Å². The number of thiazole rings is 1. The first-order valence-corrected chi connectivity index (χ1v) is 14.7. The Labute approximate surface area is 246 Å². The SMILES string of the molecule is CCCCCOc1cccc([C@H]2/C(=C(\O)c3ccc4c(c3)OCCO4)C(=O)C(=O)N2c2nc3ccc(OC)cc3s2)c1. The van der Waals surface area contributed by atoms with Crippen LogP contribution in [0.25, 0.3) is 16.0 Å². The van der Waals surface area contributed by atoms with Gasteiger partial charge in [-0.05, 0) is 60.5 Å². The van der Waals surface area contributed by atoms with Crippen molar-refractivity contribution in [3.8, 4) is 23.0 Å². The Morgan fingerprint density at radius 1 is 1.02 bits per heavy atom. The van der Waals surface area contributed by atoms with Crippen molar-refractivity contribution < 1.29 is 33.6 Å². The summed E-state index contributed by atoms with van der Waals surface area (Å²) in [5.74, 6) is 0.379. The monoisotopic (exact) mass is 586 g/mol. The molecule has 3 aromatic carbocycles. The van der Waals surface area contributed by atoms with E-state index in [9.17, 15) is 14.7 Å². The van der Waals surface area contributed by atoms with Crippen LogP contribution in [-0.2, 0) is 9.59 Å². The maximum atomic E-state index is 13.7. The lowest BCUT2D eigenvalue weighted by Gasteiger charge is -2.24. The van der Waals surface area contributed by atoms with E-state index >= 15 is 0 Å². The van der Waals surface area contributed by atoms with E-state index in [1.807, 2.05) is 30.3 Å². The zero-order chi connectivity index (χ0) is 29.2. The molecule has 6 rings (SSSR count). The average molecular weight is 587 g/mol. The number of rotatable bonds is 9. The van der Waals surface area contributed by atoms with Gasteiger partial charge in [0.05, 0.1) is 35.5 Å². The summed E-state index contributed by atoms with van der Waals surface area (Å²) in [6.45, 7) is 3.47. The predicted octanol–water partition coefficient (Wildman–Crippen LogP) is 6.27. The molecule has 1 fully saturated rings. The molecule has 2 aliphatic heterocycles. The Hall–Kier alpha value is -4.57. The number of carbonyl (C=O) groups excluding carboxylic acids is 2. The molecule has 0 unspecified atom stereocenters. The molecule has 0 spiro atoms. The second-order valence-electron chi connectivity index (χ2n) is 9.99. The van der Waals surface area contributed by atoms with E-state index in [4.69, 9.17) is 23.9 Å². The van der Waals surface area contributed by atoms with Gasteiger partial charge in [0, 0.05) is 5.56 Å². The number of hydrogen-bond donors (Lipinski definition) is 1. The van der Waals surface area contributed by atoms with Crippen LogP contribution in [0.3, 0.4) is 0 Å². The maximum absolute atomic E-state index is 13.7. The quantitative estimate of drug-likeness (QED) is 0.106. The number of aliphatic hydroxyl groups excluding tert-OH is 1. The lowest BCUT2D eigenvalue weighted by molar-refractivity contribution is -0.132. The standard InChI is InChI=1S/C32H30N2O7S/c1-3-4-5-13-39-22-8-6-7-19(16-22)28-27(29(35)20-9-12-24-25(17-20)41-15-14-40-24)30(36)31(37)34(28)32-33-23-11-10-21(38-2)18-26(23)42-32/h6-12,16-18,28,35H,3-5,13-15H2,1-2H3/b29-27+/t28-/m0/s1. The van der Waals surface area contributed by atoms with Gasteiger partial charge in [-0.2, -0.15) is 0 Å². The third kappa shape index (κ3) is 5.14. The molecular formula is C32H30N2O7S. The highest BCUT2D eigenvalue weighted by Crippen LogP contribution is 2.46. The number of unbranched alkanes of at least 4 members (excludes halogenated alkanes) is 2. The first-order valence-electron chi connectivity index (χ1n) is 13.9. The van der Waals surface area contributed by atoms with Gasteiger partial charge < -0.3 is 24.1 Å². The molecule has 2 aliphatic rings. The Morgan fingerprint density at radius 2 is 1.86 bits per heavy atom. The number of hydrogen-bond acceptors (Lipinski definition) is 9.